The summed E-state index contributed by atoms with van der Waals surface area (Å²) >= 11 is 3.32. The number of halogens is 3. The molecule has 0 saturated carbocycles. The smallest absolute Gasteiger partial charge is 0.387 e. The lowest BCUT2D eigenvalue weighted by molar-refractivity contribution is -0.0498. The Morgan fingerprint density at radius 3 is 2.35 bits per heavy atom. The maximum absolute atomic E-state index is 12.0. The van der Waals surface area contributed by atoms with Crippen LogP contribution in [0.5, 0.6) is 5.75 Å². The van der Waals surface area contributed by atoms with Gasteiger partial charge in [0.05, 0.1) is 5.69 Å². The summed E-state index contributed by atoms with van der Waals surface area (Å²) in [6.07, 6.45) is 0. The van der Waals surface area contributed by atoms with Crippen LogP contribution in [0.1, 0.15) is 10.4 Å². The van der Waals surface area contributed by atoms with E-state index in [0.29, 0.717) is 11.3 Å². The highest BCUT2D eigenvalue weighted by molar-refractivity contribution is 9.10. The van der Waals surface area contributed by atoms with Gasteiger partial charge in [-0.15, -0.1) is 0 Å². The van der Waals surface area contributed by atoms with E-state index in [1.807, 2.05) is 6.07 Å². The molecule has 0 unspecified atom stereocenters. The van der Waals surface area contributed by atoms with Gasteiger partial charge in [-0.2, -0.15) is 8.78 Å². The number of para-hydroxylation sites is 1. The van der Waals surface area contributed by atoms with Gasteiger partial charge in [0.15, 0.2) is 0 Å². The van der Waals surface area contributed by atoms with E-state index >= 15 is 0 Å². The number of hydrogen-bond donors (Lipinski definition) is 1. The molecule has 3 nitrogen and oxygen atoms in total. The number of rotatable bonds is 4. The van der Waals surface area contributed by atoms with Crippen LogP contribution >= 0.6 is 15.9 Å². The van der Waals surface area contributed by atoms with Gasteiger partial charge in [-0.3, -0.25) is 4.79 Å². The van der Waals surface area contributed by atoms with E-state index in [-0.39, 0.29) is 11.7 Å². The highest BCUT2D eigenvalue weighted by Crippen LogP contribution is 2.22. The number of benzene rings is 2. The van der Waals surface area contributed by atoms with E-state index in [9.17, 15) is 13.6 Å². The molecule has 104 valence electrons. The fourth-order valence-electron chi connectivity index (χ4n) is 1.54. The zero-order chi connectivity index (χ0) is 14.5. The lowest BCUT2D eigenvalue weighted by Gasteiger charge is -2.08. The molecule has 0 aliphatic heterocycles. The average Bonchev–Trinajstić information content (AvgIpc) is 2.41. The molecule has 0 heterocycles. The molecule has 0 saturated heterocycles. The predicted octanol–water partition coefficient (Wildman–Crippen LogP) is 4.30. The van der Waals surface area contributed by atoms with E-state index in [1.54, 1.807) is 18.2 Å². The van der Waals surface area contributed by atoms with Crippen molar-refractivity contribution in [2.45, 2.75) is 6.61 Å². The second-order valence-corrected chi connectivity index (χ2v) is 4.69. The summed E-state index contributed by atoms with van der Waals surface area (Å²) in [5.74, 6) is -0.321. The van der Waals surface area contributed by atoms with Gasteiger partial charge in [0, 0.05) is 10.0 Å². The second kappa shape index (κ2) is 6.47. The van der Waals surface area contributed by atoms with Crippen LogP contribution in [0, 0.1) is 0 Å². The van der Waals surface area contributed by atoms with Crippen molar-refractivity contribution in [2.24, 2.45) is 0 Å². The van der Waals surface area contributed by atoms with E-state index < -0.39 is 6.61 Å². The number of carbonyl (C=O) groups excluding carboxylic acids is 1. The first-order valence-electron chi connectivity index (χ1n) is 5.67. The van der Waals surface area contributed by atoms with Crippen LogP contribution in [-0.4, -0.2) is 12.5 Å². The minimum absolute atomic E-state index is 0.0115. The Labute approximate surface area is 122 Å². The third-order valence-electron chi connectivity index (χ3n) is 2.46. The van der Waals surface area contributed by atoms with E-state index in [1.165, 1.54) is 24.3 Å². The molecule has 0 spiro atoms. The molecule has 2 aromatic carbocycles. The summed E-state index contributed by atoms with van der Waals surface area (Å²) in [5.41, 5.74) is 0.979. The Bertz CT molecular complexity index is 602. The summed E-state index contributed by atoms with van der Waals surface area (Å²) in [6.45, 7) is -2.88. The summed E-state index contributed by atoms with van der Waals surface area (Å²) < 4.78 is 29.0. The van der Waals surface area contributed by atoms with Crippen LogP contribution in [0.25, 0.3) is 0 Å². The van der Waals surface area contributed by atoms with Gasteiger partial charge in [0.25, 0.3) is 5.91 Å². The average molecular weight is 342 g/mol. The van der Waals surface area contributed by atoms with Gasteiger partial charge in [0.2, 0.25) is 0 Å². The van der Waals surface area contributed by atoms with E-state index in [0.717, 1.165) is 4.47 Å². The molecule has 6 heteroatoms. The molecule has 0 aromatic heterocycles. The molecule has 1 N–H and O–H groups in total. The summed E-state index contributed by atoms with van der Waals surface area (Å²) in [5, 5.41) is 2.71. The SMILES string of the molecule is O=C(Nc1ccccc1Br)c1ccc(OC(F)F)cc1. The number of anilines is 1. The first kappa shape index (κ1) is 14.5. The monoisotopic (exact) mass is 341 g/mol. The number of amides is 1. The first-order chi connectivity index (χ1) is 9.56. The number of carbonyl (C=O) groups is 1. The molecule has 0 atom stereocenters. The molecule has 0 radical (unpaired) electrons. The van der Waals surface area contributed by atoms with Crippen LogP contribution in [-0.2, 0) is 0 Å². The van der Waals surface area contributed by atoms with Gasteiger partial charge in [0.1, 0.15) is 5.75 Å². The number of ether oxygens (including phenoxy) is 1. The van der Waals surface area contributed by atoms with Crippen molar-refractivity contribution in [1.29, 1.82) is 0 Å². The fourth-order valence-corrected chi connectivity index (χ4v) is 1.93. The number of nitrogens with one attached hydrogen (secondary N) is 1. The fraction of sp³-hybridized carbons (Fsp3) is 0.0714. The lowest BCUT2D eigenvalue weighted by atomic mass is 10.2. The standard InChI is InChI=1S/C14H10BrF2NO2/c15-11-3-1-2-4-12(11)18-13(19)9-5-7-10(8-6-9)20-14(16)17/h1-8,14H,(H,18,19). The molecule has 0 bridgehead atoms. The van der Waals surface area contributed by atoms with Crippen LogP contribution in [0.15, 0.2) is 53.0 Å². The predicted molar refractivity (Wildman–Crippen MR) is 75.2 cm³/mol. The van der Waals surface area contributed by atoms with Crippen LogP contribution in [0.4, 0.5) is 14.5 Å². The molecule has 1 amide bonds. The van der Waals surface area contributed by atoms with Crippen molar-refractivity contribution in [1.82, 2.24) is 0 Å². The van der Waals surface area contributed by atoms with Crippen LogP contribution < -0.4 is 10.1 Å². The van der Waals surface area contributed by atoms with Gasteiger partial charge in [-0.25, -0.2) is 0 Å². The summed E-state index contributed by atoms with van der Waals surface area (Å²) in [6, 6.07) is 12.7. The molecular formula is C14H10BrF2NO2. The minimum atomic E-state index is -2.88. The van der Waals surface area contributed by atoms with E-state index in [2.05, 4.69) is 26.0 Å². The topological polar surface area (TPSA) is 38.3 Å². The van der Waals surface area contributed by atoms with Crippen molar-refractivity contribution in [3.63, 3.8) is 0 Å². The van der Waals surface area contributed by atoms with Gasteiger partial charge in [-0.1, -0.05) is 12.1 Å². The second-order valence-electron chi connectivity index (χ2n) is 3.84. The minimum Gasteiger partial charge on any atom is -0.435 e. The molecule has 2 aromatic rings. The van der Waals surface area contributed by atoms with Crippen LogP contribution in [0.3, 0.4) is 0 Å². The summed E-state index contributed by atoms with van der Waals surface area (Å²) in [7, 11) is 0. The normalized spacial score (nSPS) is 10.4. The number of alkyl halides is 2. The van der Waals surface area contributed by atoms with Crippen molar-refractivity contribution < 1.29 is 18.3 Å². The maximum Gasteiger partial charge on any atom is 0.387 e. The van der Waals surface area contributed by atoms with E-state index in [4.69, 9.17) is 0 Å². The zero-order valence-corrected chi connectivity index (χ0v) is 11.7. The first-order valence-corrected chi connectivity index (χ1v) is 6.46. The maximum atomic E-state index is 12.0. The summed E-state index contributed by atoms with van der Waals surface area (Å²) in [4.78, 5) is 12.0. The Balaban J connectivity index is 2.08. The van der Waals surface area contributed by atoms with Crippen LogP contribution in [0.2, 0.25) is 0 Å². The Kier molecular flexibility index (Phi) is 4.68. The molecule has 0 aliphatic rings. The van der Waals surface area contributed by atoms with Crippen molar-refractivity contribution in [3.05, 3.63) is 58.6 Å². The highest BCUT2D eigenvalue weighted by Gasteiger charge is 2.09. The third-order valence-corrected chi connectivity index (χ3v) is 3.16. The molecule has 2 rings (SSSR count). The Morgan fingerprint density at radius 2 is 1.75 bits per heavy atom. The Morgan fingerprint density at radius 1 is 1.10 bits per heavy atom. The van der Waals surface area contributed by atoms with Gasteiger partial charge >= 0.3 is 6.61 Å². The Hall–Kier alpha value is -1.95. The van der Waals surface area contributed by atoms with Crippen molar-refractivity contribution in [2.75, 3.05) is 5.32 Å². The lowest BCUT2D eigenvalue weighted by Crippen LogP contribution is -2.12. The van der Waals surface area contributed by atoms with Gasteiger partial charge in [-0.05, 0) is 52.3 Å². The zero-order valence-electron chi connectivity index (χ0n) is 10.1. The third kappa shape index (κ3) is 3.77. The van der Waals surface area contributed by atoms with Gasteiger partial charge < -0.3 is 10.1 Å². The largest absolute Gasteiger partial charge is 0.435 e. The number of hydrogen-bond acceptors (Lipinski definition) is 2. The highest BCUT2D eigenvalue weighted by atomic mass is 79.9. The molecule has 0 aliphatic carbocycles. The molecular weight excluding hydrogens is 332 g/mol. The van der Waals surface area contributed by atoms with Crippen molar-refractivity contribution >= 4 is 27.5 Å². The quantitative estimate of drug-likeness (QED) is 0.900. The molecule has 0 fully saturated rings. The van der Waals surface area contributed by atoms with Crippen molar-refractivity contribution in [3.8, 4) is 5.75 Å². The molecule has 20 heavy (non-hydrogen) atoms.